The summed E-state index contributed by atoms with van der Waals surface area (Å²) < 4.78 is 23.0. The molecule has 0 N–H and O–H groups in total. The molecule has 0 amide bonds. The van der Waals surface area contributed by atoms with Gasteiger partial charge in [0.25, 0.3) is 0 Å². The van der Waals surface area contributed by atoms with Gasteiger partial charge in [0.1, 0.15) is 23.2 Å². The molecule has 0 aromatic carbocycles. The zero-order chi connectivity index (χ0) is 21.1. The molecule has 0 saturated carbocycles. The first-order chi connectivity index (χ1) is 13.8. The maximum absolute atomic E-state index is 11.7. The summed E-state index contributed by atoms with van der Waals surface area (Å²) in [6.45, 7) is 3.34. The van der Waals surface area contributed by atoms with Gasteiger partial charge in [-0.25, -0.2) is 15.0 Å². The number of carbonyl (C=O) groups excluding carboxylic acids is 3. The van der Waals surface area contributed by atoms with Crippen molar-refractivity contribution in [3.8, 4) is 0 Å². The molecular weight excluding hydrogens is 404 g/mol. The minimum atomic E-state index is -1.12. The van der Waals surface area contributed by atoms with Crippen molar-refractivity contribution >= 4 is 40.8 Å². The fourth-order valence-electron chi connectivity index (χ4n) is 2.76. The van der Waals surface area contributed by atoms with Gasteiger partial charge >= 0.3 is 17.9 Å². The molecule has 1 unspecified atom stereocenters. The molecular formula is C17H18N4O7S. The summed E-state index contributed by atoms with van der Waals surface area (Å²) in [6.07, 6.45) is 2.59. The van der Waals surface area contributed by atoms with Crippen molar-refractivity contribution in [3.63, 3.8) is 0 Å². The van der Waals surface area contributed by atoms with Crippen LogP contribution in [0.25, 0.3) is 11.2 Å². The van der Waals surface area contributed by atoms with Gasteiger partial charge < -0.3 is 18.9 Å². The number of thioether (sulfide) groups is 1. The number of carbonyl (C=O) groups is 3. The van der Waals surface area contributed by atoms with Crippen LogP contribution < -0.4 is 0 Å². The van der Waals surface area contributed by atoms with E-state index in [9.17, 15) is 14.4 Å². The van der Waals surface area contributed by atoms with E-state index < -0.39 is 30.2 Å². The van der Waals surface area contributed by atoms with Crippen molar-refractivity contribution in [1.82, 2.24) is 19.5 Å². The van der Waals surface area contributed by atoms with Crippen molar-refractivity contribution in [2.75, 3.05) is 12.9 Å². The van der Waals surface area contributed by atoms with Crippen LogP contribution in [0.5, 0.6) is 0 Å². The minimum Gasteiger partial charge on any atom is -0.463 e. The van der Waals surface area contributed by atoms with Crippen molar-refractivity contribution in [2.45, 2.75) is 38.1 Å². The normalized spacial score (nSPS) is 18.5. The number of esters is 3. The molecule has 1 aliphatic rings. The topological polar surface area (TPSA) is 132 Å². The molecule has 2 aromatic heterocycles. The van der Waals surface area contributed by atoms with Crippen LogP contribution in [0.1, 0.15) is 27.0 Å². The molecule has 154 valence electrons. The Balaban J connectivity index is 2.05. The molecule has 0 aliphatic carbocycles. The molecule has 2 aromatic rings. The Morgan fingerprint density at radius 2 is 1.90 bits per heavy atom. The Kier molecular flexibility index (Phi) is 6.01. The summed E-state index contributed by atoms with van der Waals surface area (Å²) in [7, 11) is 0. The maximum Gasteiger partial charge on any atom is 0.307 e. The number of rotatable bonds is 6. The van der Waals surface area contributed by atoms with Gasteiger partial charge in [-0.3, -0.25) is 19.0 Å². The first kappa shape index (κ1) is 20.6. The molecule has 12 heteroatoms. The Morgan fingerprint density at radius 3 is 2.52 bits per heavy atom. The molecule has 0 bridgehead atoms. The third kappa shape index (κ3) is 4.31. The van der Waals surface area contributed by atoms with E-state index in [1.165, 1.54) is 49.8 Å². The van der Waals surface area contributed by atoms with Crippen molar-refractivity contribution in [3.05, 3.63) is 24.2 Å². The lowest BCUT2D eigenvalue weighted by Gasteiger charge is -2.21. The number of hydrogen-bond acceptors (Lipinski definition) is 11. The fourth-order valence-corrected chi connectivity index (χ4v) is 3.25. The van der Waals surface area contributed by atoms with Gasteiger partial charge in [0.15, 0.2) is 23.8 Å². The summed E-state index contributed by atoms with van der Waals surface area (Å²) in [5, 5.41) is 0.657. The summed E-state index contributed by atoms with van der Waals surface area (Å²) >= 11 is 1.40. The highest BCUT2D eigenvalue weighted by molar-refractivity contribution is 7.98. The van der Waals surface area contributed by atoms with Gasteiger partial charge in [-0.15, -0.1) is 11.8 Å². The first-order valence-electron chi connectivity index (χ1n) is 8.42. The molecule has 0 radical (unpaired) electrons. The second kappa shape index (κ2) is 8.47. The quantitative estimate of drug-likeness (QED) is 0.289. The average Bonchev–Trinajstić information content (AvgIpc) is 3.21. The number of nitrogens with zero attached hydrogens (tertiary/aromatic N) is 4. The van der Waals surface area contributed by atoms with Gasteiger partial charge in [-0.1, -0.05) is 0 Å². The Labute approximate surface area is 169 Å². The van der Waals surface area contributed by atoms with Crippen molar-refractivity contribution in [2.24, 2.45) is 0 Å². The van der Waals surface area contributed by atoms with E-state index in [2.05, 4.69) is 15.0 Å². The van der Waals surface area contributed by atoms with Crippen molar-refractivity contribution < 1.29 is 33.3 Å². The van der Waals surface area contributed by atoms with Crippen LogP contribution in [0.4, 0.5) is 0 Å². The fraction of sp³-hybridized carbons (Fsp3) is 0.412. The number of imidazole rings is 1. The molecule has 0 saturated heterocycles. The van der Waals surface area contributed by atoms with Crippen LogP contribution in [0.15, 0.2) is 29.2 Å². The molecule has 0 fully saturated rings. The van der Waals surface area contributed by atoms with E-state index >= 15 is 0 Å². The van der Waals surface area contributed by atoms with Gasteiger partial charge in [0.2, 0.25) is 12.3 Å². The van der Waals surface area contributed by atoms with E-state index in [1.54, 1.807) is 0 Å². The van der Waals surface area contributed by atoms with Crippen LogP contribution in [-0.4, -0.2) is 56.4 Å². The highest BCUT2D eigenvalue weighted by Crippen LogP contribution is 2.38. The molecule has 11 nitrogen and oxygen atoms in total. The molecule has 3 heterocycles. The van der Waals surface area contributed by atoms with Crippen molar-refractivity contribution in [1.29, 1.82) is 0 Å². The van der Waals surface area contributed by atoms with Gasteiger partial charge in [-0.2, -0.15) is 0 Å². The number of ether oxygens (including phenoxy) is 4. The molecule has 29 heavy (non-hydrogen) atoms. The van der Waals surface area contributed by atoms with Crippen LogP contribution in [0, 0.1) is 0 Å². The maximum atomic E-state index is 11.7. The van der Waals surface area contributed by atoms with Crippen LogP contribution in [0.3, 0.4) is 0 Å². The predicted octanol–water partition coefficient (Wildman–Crippen LogP) is 1.35. The summed E-state index contributed by atoms with van der Waals surface area (Å²) in [4.78, 5) is 47.2. The van der Waals surface area contributed by atoms with E-state index in [4.69, 9.17) is 18.9 Å². The van der Waals surface area contributed by atoms with Gasteiger partial charge in [-0.05, 0) is 6.26 Å². The Hall–Kier alpha value is -3.15. The SMILES string of the molecule is CSc1ncnc2c1ncn2[C@@H]1OC(COC(C)=O)=C(OC(C)=O)C1OC(C)=O. The Morgan fingerprint density at radius 1 is 1.14 bits per heavy atom. The van der Waals surface area contributed by atoms with E-state index in [0.717, 1.165) is 0 Å². The lowest BCUT2D eigenvalue weighted by atomic mass is 10.2. The minimum absolute atomic E-state index is 0.0487. The number of fused-ring (bicyclic) bond motifs is 1. The lowest BCUT2D eigenvalue weighted by molar-refractivity contribution is -0.156. The average molecular weight is 422 g/mol. The smallest absolute Gasteiger partial charge is 0.307 e. The predicted molar refractivity (Wildman–Crippen MR) is 98.2 cm³/mol. The summed E-state index contributed by atoms with van der Waals surface area (Å²) in [5.41, 5.74) is 0.968. The first-order valence-corrected chi connectivity index (χ1v) is 9.64. The molecule has 1 aliphatic heterocycles. The highest BCUT2D eigenvalue weighted by Gasteiger charge is 2.44. The largest absolute Gasteiger partial charge is 0.463 e. The molecule has 0 spiro atoms. The second-order valence-electron chi connectivity index (χ2n) is 5.91. The number of aromatic nitrogens is 4. The third-order valence-corrected chi connectivity index (χ3v) is 4.49. The zero-order valence-electron chi connectivity index (χ0n) is 16.1. The monoisotopic (exact) mass is 422 g/mol. The zero-order valence-corrected chi connectivity index (χ0v) is 16.9. The second-order valence-corrected chi connectivity index (χ2v) is 6.70. The van der Waals surface area contributed by atoms with Gasteiger partial charge in [0.05, 0.1) is 0 Å². The van der Waals surface area contributed by atoms with E-state index in [-0.39, 0.29) is 18.1 Å². The van der Waals surface area contributed by atoms with Crippen LogP contribution in [-0.2, 0) is 33.3 Å². The standard InChI is InChI=1S/C17H18N4O7S/c1-8(22)25-5-11-13(26-9(2)23)14(27-10(3)24)17(28-11)21-7-20-12-15(21)18-6-19-16(12)29-4/h6-7,14,17H,5H2,1-4H3/t14?,17-/m1/s1. The lowest BCUT2D eigenvalue weighted by Crippen LogP contribution is -2.28. The Bertz CT molecular complexity index is 1000. The van der Waals surface area contributed by atoms with Crippen LogP contribution >= 0.6 is 11.8 Å². The van der Waals surface area contributed by atoms with E-state index in [0.29, 0.717) is 16.2 Å². The number of hydrogen-bond donors (Lipinski definition) is 0. The van der Waals surface area contributed by atoms with E-state index in [1.807, 2.05) is 6.26 Å². The van der Waals surface area contributed by atoms with Gasteiger partial charge in [0, 0.05) is 20.8 Å². The molecule has 3 rings (SSSR count). The summed E-state index contributed by atoms with van der Waals surface area (Å²) in [6, 6.07) is 0. The third-order valence-electron chi connectivity index (χ3n) is 3.80. The van der Waals surface area contributed by atoms with Crippen LogP contribution in [0.2, 0.25) is 0 Å². The molecule has 2 atom stereocenters. The highest BCUT2D eigenvalue weighted by atomic mass is 32.2. The summed E-state index contributed by atoms with van der Waals surface area (Å²) in [5.74, 6) is -1.83.